The Morgan fingerprint density at radius 1 is 1.30 bits per heavy atom. The Kier molecular flexibility index (Phi) is 5.90. The van der Waals surface area contributed by atoms with E-state index in [2.05, 4.69) is 10.2 Å². The molecule has 3 aromatic rings. The lowest BCUT2D eigenvalue weighted by molar-refractivity contribution is 0.0789. The molecule has 0 radical (unpaired) electrons. The van der Waals surface area contributed by atoms with Gasteiger partial charge in [-0.2, -0.15) is 5.10 Å². The number of aromatic amines is 1. The number of aryl methyl sites for hydroxylation is 1. The highest BCUT2D eigenvalue weighted by Gasteiger charge is 2.29. The predicted molar refractivity (Wildman–Crippen MR) is 114 cm³/mol. The molecule has 3 heterocycles. The molecule has 2 aromatic heterocycles. The Morgan fingerprint density at radius 2 is 2.17 bits per heavy atom. The number of likely N-dealkylation sites (tertiary alicyclic amines) is 1. The van der Waals surface area contributed by atoms with Gasteiger partial charge in [-0.1, -0.05) is 17.7 Å². The number of nitrogens with one attached hydrogen (secondary N) is 1. The van der Waals surface area contributed by atoms with Crippen LogP contribution in [-0.2, 0) is 13.5 Å². The summed E-state index contributed by atoms with van der Waals surface area (Å²) in [5.74, 6) is 0.879. The lowest BCUT2D eigenvalue weighted by Crippen LogP contribution is -2.29. The van der Waals surface area contributed by atoms with Crippen molar-refractivity contribution in [3.63, 3.8) is 0 Å². The van der Waals surface area contributed by atoms with Gasteiger partial charge in [0.2, 0.25) is 5.56 Å². The highest BCUT2D eigenvalue weighted by Crippen LogP contribution is 2.27. The predicted octanol–water partition coefficient (Wildman–Crippen LogP) is 3.01. The Balaban J connectivity index is 1.32. The van der Waals surface area contributed by atoms with Crippen LogP contribution in [0.4, 0.5) is 0 Å². The zero-order chi connectivity index (χ0) is 21.1. The minimum atomic E-state index is -0.130. The molecule has 4 rings (SSSR count). The topological polar surface area (TPSA) is 80.2 Å². The van der Waals surface area contributed by atoms with Gasteiger partial charge < -0.3 is 14.2 Å². The van der Waals surface area contributed by atoms with Crippen LogP contribution in [-0.4, -0.2) is 45.3 Å². The summed E-state index contributed by atoms with van der Waals surface area (Å²) in [7, 11) is 1.65. The van der Waals surface area contributed by atoms with Crippen molar-refractivity contribution in [3.05, 3.63) is 81.0 Å². The normalized spacial score (nSPS) is 16.1. The summed E-state index contributed by atoms with van der Waals surface area (Å²) in [5.41, 5.74) is 2.35. The van der Waals surface area contributed by atoms with Crippen molar-refractivity contribution in [2.24, 2.45) is 7.05 Å². The summed E-state index contributed by atoms with van der Waals surface area (Å²) in [4.78, 5) is 26.1. The number of amides is 1. The van der Waals surface area contributed by atoms with Crippen molar-refractivity contribution in [2.75, 3.05) is 19.7 Å². The second-order valence-corrected chi connectivity index (χ2v) is 7.91. The molecular formula is C22H23ClN4O3. The molecule has 1 aromatic carbocycles. The van der Waals surface area contributed by atoms with Crippen LogP contribution < -0.4 is 10.3 Å². The second-order valence-electron chi connectivity index (χ2n) is 7.48. The first-order chi connectivity index (χ1) is 14.5. The minimum absolute atomic E-state index is 0.0567. The number of halogens is 1. The number of benzene rings is 1. The Morgan fingerprint density at radius 3 is 2.97 bits per heavy atom. The maximum absolute atomic E-state index is 12.7. The van der Waals surface area contributed by atoms with Gasteiger partial charge in [0.1, 0.15) is 5.75 Å². The molecular weight excluding hydrogens is 404 g/mol. The minimum Gasteiger partial charge on any atom is -0.493 e. The molecule has 1 saturated heterocycles. The maximum Gasteiger partial charge on any atom is 0.255 e. The zero-order valence-corrected chi connectivity index (χ0v) is 17.4. The molecule has 1 N–H and O–H groups in total. The number of aromatic nitrogens is 3. The molecule has 1 unspecified atom stereocenters. The van der Waals surface area contributed by atoms with Gasteiger partial charge in [0.15, 0.2) is 0 Å². The van der Waals surface area contributed by atoms with Gasteiger partial charge in [0, 0.05) is 55.5 Å². The fraction of sp³-hybridized carbons (Fsp3) is 0.318. The molecule has 0 aliphatic carbocycles. The van der Waals surface area contributed by atoms with E-state index in [0.29, 0.717) is 36.7 Å². The summed E-state index contributed by atoms with van der Waals surface area (Å²) in [6, 6.07) is 12.4. The second kappa shape index (κ2) is 8.75. The van der Waals surface area contributed by atoms with Crippen LogP contribution in [0.2, 0.25) is 5.02 Å². The van der Waals surface area contributed by atoms with Gasteiger partial charge in [-0.25, -0.2) is 0 Å². The number of hydrogen-bond donors (Lipinski definition) is 1. The standard InChI is InChI=1S/C22H23ClN4O3/c1-26-13-16(5-6-21(26)28)22(29)27-9-7-15(14-27)20-12-18(24-25-20)8-10-30-19-4-2-3-17(23)11-19/h2-6,11-13,15H,7-10,14H2,1H3,(H,24,25). The number of nitrogens with zero attached hydrogens (tertiary/aromatic N) is 3. The van der Waals surface area contributed by atoms with Crippen LogP contribution in [0.25, 0.3) is 0 Å². The molecule has 8 heteroatoms. The van der Waals surface area contributed by atoms with Crippen molar-refractivity contribution in [1.82, 2.24) is 19.7 Å². The monoisotopic (exact) mass is 426 g/mol. The summed E-state index contributed by atoms with van der Waals surface area (Å²) < 4.78 is 7.15. The van der Waals surface area contributed by atoms with E-state index in [1.165, 1.54) is 10.6 Å². The largest absolute Gasteiger partial charge is 0.493 e. The molecule has 7 nitrogen and oxygen atoms in total. The van der Waals surface area contributed by atoms with Gasteiger partial charge >= 0.3 is 0 Å². The van der Waals surface area contributed by atoms with E-state index in [-0.39, 0.29) is 17.4 Å². The van der Waals surface area contributed by atoms with E-state index in [0.717, 1.165) is 23.6 Å². The molecule has 0 bridgehead atoms. The van der Waals surface area contributed by atoms with Crippen molar-refractivity contribution in [1.29, 1.82) is 0 Å². The highest BCUT2D eigenvalue weighted by molar-refractivity contribution is 6.30. The van der Waals surface area contributed by atoms with E-state index in [9.17, 15) is 9.59 Å². The summed E-state index contributed by atoms with van der Waals surface area (Å²) in [5, 5.41) is 8.16. The number of ether oxygens (including phenoxy) is 1. The van der Waals surface area contributed by atoms with Gasteiger partial charge in [-0.15, -0.1) is 0 Å². The quantitative estimate of drug-likeness (QED) is 0.657. The van der Waals surface area contributed by atoms with E-state index >= 15 is 0 Å². The number of carbonyl (C=O) groups excluding carboxylic acids is 1. The third kappa shape index (κ3) is 4.57. The van der Waals surface area contributed by atoms with E-state index < -0.39 is 0 Å². The average Bonchev–Trinajstić information content (AvgIpc) is 3.39. The number of hydrogen-bond acceptors (Lipinski definition) is 4. The van der Waals surface area contributed by atoms with E-state index in [1.54, 1.807) is 25.4 Å². The Bertz CT molecular complexity index is 1110. The number of rotatable bonds is 6. The molecule has 156 valence electrons. The third-order valence-corrected chi connectivity index (χ3v) is 5.55. The smallest absolute Gasteiger partial charge is 0.255 e. The molecule has 0 saturated carbocycles. The molecule has 1 atom stereocenters. The number of carbonyl (C=O) groups is 1. The van der Waals surface area contributed by atoms with Crippen LogP contribution >= 0.6 is 11.6 Å². The lowest BCUT2D eigenvalue weighted by atomic mass is 10.0. The third-order valence-electron chi connectivity index (χ3n) is 5.31. The highest BCUT2D eigenvalue weighted by atomic mass is 35.5. The van der Waals surface area contributed by atoms with E-state index in [1.807, 2.05) is 29.2 Å². The fourth-order valence-corrected chi connectivity index (χ4v) is 3.82. The number of H-pyrrole nitrogens is 1. The molecule has 0 spiro atoms. The Labute approximate surface area is 179 Å². The number of pyridine rings is 1. The first kappa shape index (κ1) is 20.2. The van der Waals surface area contributed by atoms with Crippen LogP contribution in [0, 0.1) is 0 Å². The molecule has 1 fully saturated rings. The summed E-state index contributed by atoms with van der Waals surface area (Å²) in [6.45, 7) is 1.81. The fourth-order valence-electron chi connectivity index (χ4n) is 3.64. The van der Waals surface area contributed by atoms with Gasteiger partial charge in [0.25, 0.3) is 5.91 Å². The Hall–Kier alpha value is -3.06. The molecule has 1 aliphatic heterocycles. The first-order valence-corrected chi connectivity index (χ1v) is 10.3. The van der Waals surface area contributed by atoms with E-state index in [4.69, 9.17) is 16.3 Å². The lowest BCUT2D eigenvalue weighted by Gasteiger charge is -2.16. The first-order valence-electron chi connectivity index (χ1n) is 9.88. The van der Waals surface area contributed by atoms with Crippen LogP contribution in [0.1, 0.15) is 34.1 Å². The average molecular weight is 427 g/mol. The van der Waals surface area contributed by atoms with Crippen LogP contribution in [0.3, 0.4) is 0 Å². The zero-order valence-electron chi connectivity index (χ0n) is 16.7. The van der Waals surface area contributed by atoms with Crippen molar-refractivity contribution in [2.45, 2.75) is 18.8 Å². The van der Waals surface area contributed by atoms with Gasteiger partial charge in [-0.3, -0.25) is 14.7 Å². The summed E-state index contributed by atoms with van der Waals surface area (Å²) >= 11 is 5.97. The van der Waals surface area contributed by atoms with Gasteiger partial charge in [-0.05, 0) is 36.8 Å². The van der Waals surface area contributed by atoms with Gasteiger partial charge in [0.05, 0.1) is 17.9 Å². The SMILES string of the molecule is Cn1cc(C(=O)N2CCC(c3cc(CCOc4cccc(Cl)c4)[nH]n3)C2)ccc1=O. The van der Waals surface area contributed by atoms with Crippen LogP contribution in [0.15, 0.2) is 53.5 Å². The van der Waals surface area contributed by atoms with Crippen molar-refractivity contribution in [3.8, 4) is 5.75 Å². The van der Waals surface area contributed by atoms with Crippen LogP contribution in [0.5, 0.6) is 5.75 Å². The van der Waals surface area contributed by atoms with Crippen molar-refractivity contribution < 1.29 is 9.53 Å². The summed E-state index contributed by atoms with van der Waals surface area (Å²) in [6.07, 6.45) is 3.15. The molecule has 1 amide bonds. The molecule has 1 aliphatic rings. The van der Waals surface area contributed by atoms with Crippen molar-refractivity contribution >= 4 is 17.5 Å². The molecule has 30 heavy (non-hydrogen) atoms. The maximum atomic E-state index is 12.7.